The van der Waals surface area contributed by atoms with E-state index < -0.39 is 30.4 Å². The van der Waals surface area contributed by atoms with E-state index in [9.17, 15) is 14.4 Å². The Morgan fingerprint density at radius 1 is 1.20 bits per heavy atom. The van der Waals surface area contributed by atoms with Gasteiger partial charge in [-0.25, -0.2) is 9.59 Å². The summed E-state index contributed by atoms with van der Waals surface area (Å²) >= 11 is 0. The summed E-state index contributed by atoms with van der Waals surface area (Å²) in [5.41, 5.74) is 4.95. The number of rotatable bonds is 5. The van der Waals surface area contributed by atoms with Gasteiger partial charge >= 0.3 is 12.0 Å². The monoisotopic (exact) mass is 285 g/mol. The molecule has 0 aliphatic heterocycles. The summed E-state index contributed by atoms with van der Waals surface area (Å²) in [6.45, 7) is 4.27. The van der Waals surface area contributed by atoms with Gasteiger partial charge in [0.25, 0.3) is 0 Å². The van der Waals surface area contributed by atoms with E-state index in [1.54, 1.807) is 0 Å². The summed E-state index contributed by atoms with van der Waals surface area (Å²) in [5.74, 6) is -0.975. The van der Waals surface area contributed by atoms with Crippen molar-refractivity contribution in [2.24, 2.45) is 17.6 Å². The predicted molar refractivity (Wildman–Crippen MR) is 72.9 cm³/mol. The molecule has 1 aliphatic rings. The number of carboxylic acid groups (broad SMARTS) is 1. The third kappa shape index (κ3) is 5.46. The summed E-state index contributed by atoms with van der Waals surface area (Å²) in [6.07, 6.45) is 2.48. The average molecular weight is 285 g/mol. The van der Waals surface area contributed by atoms with Crippen molar-refractivity contribution in [3.63, 3.8) is 0 Å². The molecule has 0 heterocycles. The molecule has 3 unspecified atom stereocenters. The highest BCUT2D eigenvalue weighted by molar-refractivity contribution is 5.87. The van der Waals surface area contributed by atoms with Gasteiger partial charge in [-0.05, 0) is 31.1 Å². The fourth-order valence-electron chi connectivity index (χ4n) is 2.85. The lowest BCUT2D eigenvalue weighted by atomic mass is 9.80. The normalized spacial score (nSPS) is 27.4. The van der Waals surface area contributed by atoms with Crippen LogP contribution in [-0.4, -0.2) is 35.1 Å². The quantitative estimate of drug-likeness (QED) is 0.585. The number of primary amides is 1. The van der Waals surface area contributed by atoms with Crippen LogP contribution in [0.1, 0.15) is 39.5 Å². The van der Waals surface area contributed by atoms with Crippen LogP contribution in [0.15, 0.2) is 0 Å². The Labute approximate surface area is 118 Å². The Morgan fingerprint density at radius 2 is 1.75 bits per heavy atom. The van der Waals surface area contributed by atoms with Crippen LogP contribution in [0.3, 0.4) is 0 Å². The maximum Gasteiger partial charge on any atom is 0.326 e. The first-order chi connectivity index (χ1) is 9.27. The zero-order valence-corrected chi connectivity index (χ0v) is 11.9. The van der Waals surface area contributed by atoms with E-state index in [-0.39, 0.29) is 6.04 Å². The highest BCUT2D eigenvalue weighted by Crippen LogP contribution is 2.28. The lowest BCUT2D eigenvalue weighted by Gasteiger charge is -2.32. The van der Waals surface area contributed by atoms with Crippen molar-refractivity contribution in [3.05, 3.63) is 0 Å². The highest BCUT2D eigenvalue weighted by atomic mass is 16.4. The predicted octanol–water partition coefficient (Wildman–Crippen LogP) is 0.439. The molecule has 0 radical (unpaired) electrons. The van der Waals surface area contributed by atoms with Gasteiger partial charge in [-0.2, -0.15) is 0 Å². The number of aliphatic carboxylic acids is 1. The molecule has 1 aliphatic carbocycles. The third-order valence-electron chi connectivity index (χ3n) is 3.52. The minimum absolute atomic E-state index is 0.0387. The fourth-order valence-corrected chi connectivity index (χ4v) is 2.85. The van der Waals surface area contributed by atoms with E-state index in [2.05, 4.69) is 24.5 Å². The number of carbonyl (C=O) groups is 3. The number of nitrogens with two attached hydrogens (primary N) is 1. The smallest absolute Gasteiger partial charge is 0.326 e. The Hall–Kier alpha value is -1.79. The molecule has 1 saturated carbocycles. The second-order valence-corrected chi connectivity index (χ2v) is 5.79. The Balaban J connectivity index is 2.48. The van der Waals surface area contributed by atoms with Gasteiger partial charge in [-0.1, -0.05) is 13.8 Å². The molecular formula is C13H23N3O4. The largest absolute Gasteiger partial charge is 0.480 e. The topological polar surface area (TPSA) is 122 Å². The molecule has 7 nitrogen and oxygen atoms in total. The van der Waals surface area contributed by atoms with Gasteiger partial charge in [-0.15, -0.1) is 0 Å². The number of hydrogen-bond donors (Lipinski definition) is 4. The first-order valence-electron chi connectivity index (χ1n) is 6.86. The number of urea groups is 1. The van der Waals surface area contributed by atoms with Crippen molar-refractivity contribution in [1.29, 1.82) is 0 Å². The van der Waals surface area contributed by atoms with Gasteiger partial charge in [-0.3, -0.25) is 4.79 Å². The molecule has 1 fully saturated rings. The van der Waals surface area contributed by atoms with Gasteiger partial charge in [0, 0.05) is 6.04 Å². The van der Waals surface area contributed by atoms with Crippen LogP contribution in [0.2, 0.25) is 0 Å². The van der Waals surface area contributed by atoms with E-state index in [4.69, 9.17) is 10.8 Å². The molecule has 0 aromatic heterocycles. The van der Waals surface area contributed by atoms with Crippen molar-refractivity contribution >= 4 is 17.9 Å². The van der Waals surface area contributed by atoms with Gasteiger partial charge in [0.1, 0.15) is 6.04 Å². The number of hydrogen-bond acceptors (Lipinski definition) is 3. The third-order valence-corrected chi connectivity index (χ3v) is 3.52. The van der Waals surface area contributed by atoms with Crippen LogP contribution in [0, 0.1) is 11.8 Å². The lowest BCUT2D eigenvalue weighted by molar-refractivity contribution is -0.140. The van der Waals surface area contributed by atoms with Crippen LogP contribution in [0.4, 0.5) is 4.79 Å². The first kappa shape index (κ1) is 16.3. The van der Waals surface area contributed by atoms with E-state index in [1.807, 2.05) is 0 Å². The van der Waals surface area contributed by atoms with Gasteiger partial charge in [0.15, 0.2) is 0 Å². The summed E-state index contributed by atoms with van der Waals surface area (Å²) in [5, 5.41) is 14.0. The fraction of sp³-hybridized carbons (Fsp3) is 0.769. The molecule has 0 aromatic carbocycles. The number of carboxylic acids is 1. The Bertz CT molecular complexity index is 376. The van der Waals surface area contributed by atoms with Crippen molar-refractivity contribution in [2.75, 3.05) is 0 Å². The van der Waals surface area contributed by atoms with E-state index in [0.717, 1.165) is 19.3 Å². The minimum atomic E-state index is -1.29. The molecule has 3 atom stereocenters. The lowest BCUT2D eigenvalue weighted by Crippen LogP contribution is -2.51. The molecule has 0 bridgehead atoms. The van der Waals surface area contributed by atoms with E-state index in [1.165, 1.54) is 0 Å². The zero-order valence-electron chi connectivity index (χ0n) is 11.9. The van der Waals surface area contributed by atoms with Gasteiger partial charge < -0.3 is 21.5 Å². The second-order valence-electron chi connectivity index (χ2n) is 5.79. The van der Waals surface area contributed by atoms with E-state index in [0.29, 0.717) is 11.8 Å². The first-order valence-corrected chi connectivity index (χ1v) is 6.86. The van der Waals surface area contributed by atoms with Crippen molar-refractivity contribution in [1.82, 2.24) is 10.6 Å². The minimum Gasteiger partial charge on any atom is -0.480 e. The molecular weight excluding hydrogens is 262 g/mol. The van der Waals surface area contributed by atoms with Crippen molar-refractivity contribution < 1.29 is 19.5 Å². The molecule has 114 valence electrons. The van der Waals surface area contributed by atoms with Gasteiger partial charge in [0.05, 0.1) is 6.42 Å². The molecule has 5 N–H and O–H groups in total. The second kappa shape index (κ2) is 7.12. The maximum atomic E-state index is 11.8. The maximum absolute atomic E-state index is 11.8. The van der Waals surface area contributed by atoms with Crippen LogP contribution in [0.5, 0.6) is 0 Å². The van der Waals surface area contributed by atoms with Crippen LogP contribution >= 0.6 is 0 Å². The zero-order chi connectivity index (χ0) is 15.3. The molecule has 0 aromatic rings. The Kier molecular flexibility index (Phi) is 5.79. The summed E-state index contributed by atoms with van der Waals surface area (Å²) in [7, 11) is 0. The van der Waals surface area contributed by atoms with Crippen molar-refractivity contribution in [3.8, 4) is 0 Å². The average Bonchev–Trinajstić information content (AvgIpc) is 2.25. The molecule has 0 spiro atoms. The van der Waals surface area contributed by atoms with E-state index >= 15 is 0 Å². The standard InChI is InChI=1S/C13H23N3O4/c1-7-3-8(2)5-9(4-7)15-13(20)16-10(12(18)19)6-11(14)17/h7-10H,3-6H2,1-2H3,(H2,14,17)(H,18,19)(H2,15,16,20). The summed E-state index contributed by atoms with van der Waals surface area (Å²) in [6, 6.07) is -1.81. The van der Waals surface area contributed by atoms with Crippen LogP contribution in [-0.2, 0) is 9.59 Å². The number of amides is 3. The Morgan fingerprint density at radius 3 is 2.20 bits per heavy atom. The number of nitrogens with one attached hydrogen (secondary N) is 2. The molecule has 20 heavy (non-hydrogen) atoms. The van der Waals surface area contributed by atoms with Crippen LogP contribution < -0.4 is 16.4 Å². The number of carbonyl (C=O) groups excluding carboxylic acids is 2. The SMILES string of the molecule is CC1CC(C)CC(NC(=O)NC(CC(N)=O)C(=O)O)C1. The van der Waals surface area contributed by atoms with Gasteiger partial charge in [0.2, 0.25) is 5.91 Å². The molecule has 7 heteroatoms. The summed E-state index contributed by atoms with van der Waals surface area (Å²) < 4.78 is 0. The molecule has 3 amide bonds. The van der Waals surface area contributed by atoms with Crippen LogP contribution in [0.25, 0.3) is 0 Å². The highest BCUT2D eigenvalue weighted by Gasteiger charge is 2.27. The summed E-state index contributed by atoms with van der Waals surface area (Å²) in [4.78, 5) is 33.5. The van der Waals surface area contributed by atoms with Crippen molar-refractivity contribution in [2.45, 2.75) is 51.6 Å². The molecule has 0 saturated heterocycles. The molecule has 1 rings (SSSR count).